The summed E-state index contributed by atoms with van der Waals surface area (Å²) < 4.78 is 29.2. The molecule has 0 spiro atoms. The van der Waals surface area contributed by atoms with Crippen molar-refractivity contribution in [3.8, 4) is 0 Å². The van der Waals surface area contributed by atoms with Crippen molar-refractivity contribution in [2.45, 2.75) is 39.2 Å². The lowest BCUT2D eigenvalue weighted by atomic mass is 10.2. The number of hydrogen-bond donors (Lipinski definition) is 1. The summed E-state index contributed by atoms with van der Waals surface area (Å²) in [5.41, 5.74) is 0. The molecule has 15 heavy (non-hydrogen) atoms. The molecule has 0 aliphatic heterocycles. The number of alkyl halides is 2. The zero-order valence-electron chi connectivity index (χ0n) is 8.83. The lowest BCUT2D eigenvalue weighted by molar-refractivity contribution is 0.112. The van der Waals surface area contributed by atoms with Crippen LogP contribution in [0.5, 0.6) is 0 Å². The van der Waals surface area contributed by atoms with Crippen LogP contribution in [0.4, 0.5) is 8.78 Å². The molecule has 0 fully saturated rings. The summed E-state index contributed by atoms with van der Waals surface area (Å²) in [5.74, 6) is -0.372. The van der Waals surface area contributed by atoms with Crippen LogP contribution in [-0.2, 0) is 0 Å². The second-order valence-corrected chi connectivity index (χ2v) is 3.19. The molecule has 0 aromatic carbocycles. The summed E-state index contributed by atoms with van der Waals surface area (Å²) in [7, 11) is 0. The van der Waals surface area contributed by atoms with Crippen LogP contribution in [0.25, 0.3) is 0 Å². The van der Waals surface area contributed by atoms with Crippen molar-refractivity contribution in [2.75, 3.05) is 6.54 Å². The molecule has 4 nitrogen and oxygen atoms in total. The van der Waals surface area contributed by atoms with E-state index >= 15 is 0 Å². The molecule has 1 unspecified atom stereocenters. The molecule has 1 aromatic heterocycles. The van der Waals surface area contributed by atoms with Crippen LogP contribution in [0.15, 0.2) is 4.42 Å². The summed E-state index contributed by atoms with van der Waals surface area (Å²) >= 11 is 0. The van der Waals surface area contributed by atoms with Crippen LogP contribution in [0, 0.1) is 0 Å². The molecule has 1 atom stereocenters. The second kappa shape index (κ2) is 5.75. The average Bonchev–Trinajstić information content (AvgIpc) is 2.68. The van der Waals surface area contributed by atoms with Gasteiger partial charge in [-0.15, -0.1) is 10.2 Å². The SMILES string of the molecule is CCCNC(CC)c1nnc(C(F)F)o1. The van der Waals surface area contributed by atoms with Crippen LogP contribution >= 0.6 is 0 Å². The third kappa shape index (κ3) is 3.23. The third-order valence-corrected chi connectivity index (χ3v) is 1.99. The number of rotatable bonds is 6. The zero-order valence-corrected chi connectivity index (χ0v) is 8.83. The Hall–Kier alpha value is -1.04. The maximum absolute atomic E-state index is 12.2. The largest absolute Gasteiger partial charge is 0.418 e. The Kier molecular flexibility index (Phi) is 4.61. The number of hydrogen-bond acceptors (Lipinski definition) is 4. The number of nitrogens with one attached hydrogen (secondary N) is 1. The minimum absolute atomic E-state index is 0.134. The molecule has 1 heterocycles. The van der Waals surface area contributed by atoms with E-state index in [-0.39, 0.29) is 11.9 Å². The van der Waals surface area contributed by atoms with Gasteiger partial charge >= 0.3 is 6.43 Å². The normalized spacial score (nSPS) is 13.4. The molecule has 0 radical (unpaired) electrons. The molecular formula is C9H15F2N3O. The summed E-state index contributed by atoms with van der Waals surface area (Å²) in [4.78, 5) is 0. The molecule has 0 amide bonds. The molecule has 6 heteroatoms. The molecule has 1 aromatic rings. The minimum Gasteiger partial charge on any atom is -0.418 e. The first-order chi connectivity index (χ1) is 7.19. The first kappa shape index (κ1) is 12.0. The highest BCUT2D eigenvalue weighted by Gasteiger charge is 2.20. The molecule has 1 N–H and O–H groups in total. The molecule has 0 aliphatic carbocycles. The van der Waals surface area contributed by atoms with Crippen LogP contribution < -0.4 is 5.32 Å². The third-order valence-electron chi connectivity index (χ3n) is 1.99. The fourth-order valence-corrected chi connectivity index (χ4v) is 1.20. The van der Waals surface area contributed by atoms with Gasteiger partial charge in [0.05, 0.1) is 6.04 Å². The summed E-state index contributed by atoms with van der Waals surface area (Å²) in [6.45, 7) is 4.75. The van der Waals surface area contributed by atoms with E-state index in [2.05, 4.69) is 15.5 Å². The highest BCUT2D eigenvalue weighted by atomic mass is 19.3. The fraction of sp³-hybridized carbons (Fsp3) is 0.778. The van der Waals surface area contributed by atoms with Crippen molar-refractivity contribution in [1.29, 1.82) is 0 Å². The Morgan fingerprint density at radius 1 is 1.27 bits per heavy atom. The van der Waals surface area contributed by atoms with Crippen molar-refractivity contribution < 1.29 is 13.2 Å². The summed E-state index contributed by atoms with van der Waals surface area (Å²) in [6, 6.07) is -0.134. The van der Waals surface area contributed by atoms with Gasteiger partial charge in [0.1, 0.15) is 0 Å². The fourth-order valence-electron chi connectivity index (χ4n) is 1.20. The first-order valence-electron chi connectivity index (χ1n) is 5.03. The molecule has 0 aliphatic rings. The van der Waals surface area contributed by atoms with E-state index in [1.54, 1.807) is 0 Å². The van der Waals surface area contributed by atoms with Gasteiger partial charge in [0.2, 0.25) is 5.89 Å². The first-order valence-corrected chi connectivity index (χ1v) is 5.03. The Morgan fingerprint density at radius 2 is 1.93 bits per heavy atom. The van der Waals surface area contributed by atoms with E-state index in [1.807, 2.05) is 13.8 Å². The number of halogens is 2. The Balaban J connectivity index is 2.65. The van der Waals surface area contributed by atoms with Crippen molar-refractivity contribution in [3.63, 3.8) is 0 Å². The predicted molar refractivity (Wildman–Crippen MR) is 50.6 cm³/mol. The van der Waals surface area contributed by atoms with Crippen molar-refractivity contribution in [2.24, 2.45) is 0 Å². The lowest BCUT2D eigenvalue weighted by Gasteiger charge is -2.11. The number of aromatic nitrogens is 2. The highest BCUT2D eigenvalue weighted by molar-refractivity contribution is 4.90. The van der Waals surface area contributed by atoms with E-state index in [9.17, 15) is 8.78 Å². The molecule has 0 saturated heterocycles. The van der Waals surface area contributed by atoms with Crippen LogP contribution in [0.1, 0.15) is 50.9 Å². The van der Waals surface area contributed by atoms with E-state index < -0.39 is 12.3 Å². The summed E-state index contributed by atoms with van der Waals surface area (Å²) in [6.07, 6.45) is -1.01. The van der Waals surface area contributed by atoms with Gasteiger partial charge in [0.15, 0.2) is 0 Å². The standard InChI is InChI=1S/C9H15F2N3O/c1-3-5-12-6(4-2)8-13-14-9(15-8)7(10)11/h6-7,12H,3-5H2,1-2H3. The Labute approximate surface area is 87.1 Å². The number of nitrogens with zero attached hydrogens (tertiary/aromatic N) is 2. The maximum Gasteiger partial charge on any atom is 0.314 e. The van der Waals surface area contributed by atoms with E-state index in [4.69, 9.17) is 4.42 Å². The predicted octanol–water partition coefficient (Wildman–Crippen LogP) is 2.46. The van der Waals surface area contributed by atoms with Gasteiger partial charge in [-0.05, 0) is 19.4 Å². The van der Waals surface area contributed by atoms with E-state index in [0.29, 0.717) is 0 Å². The van der Waals surface area contributed by atoms with Crippen LogP contribution in [0.2, 0.25) is 0 Å². The van der Waals surface area contributed by atoms with Gasteiger partial charge in [-0.25, -0.2) is 0 Å². The maximum atomic E-state index is 12.2. The smallest absolute Gasteiger partial charge is 0.314 e. The molecule has 86 valence electrons. The highest BCUT2D eigenvalue weighted by Crippen LogP contribution is 2.21. The monoisotopic (exact) mass is 219 g/mol. The van der Waals surface area contributed by atoms with Gasteiger partial charge in [-0.3, -0.25) is 0 Å². The van der Waals surface area contributed by atoms with Crippen LogP contribution in [-0.4, -0.2) is 16.7 Å². The minimum atomic E-state index is -2.70. The second-order valence-electron chi connectivity index (χ2n) is 3.19. The molecule has 0 saturated carbocycles. The van der Waals surface area contributed by atoms with Crippen molar-refractivity contribution in [1.82, 2.24) is 15.5 Å². The van der Waals surface area contributed by atoms with Crippen molar-refractivity contribution in [3.05, 3.63) is 11.8 Å². The van der Waals surface area contributed by atoms with Crippen molar-refractivity contribution >= 4 is 0 Å². The molecular weight excluding hydrogens is 204 g/mol. The topological polar surface area (TPSA) is 51.0 Å². The van der Waals surface area contributed by atoms with Gasteiger partial charge in [-0.1, -0.05) is 13.8 Å². The van der Waals surface area contributed by atoms with E-state index in [0.717, 1.165) is 19.4 Å². The molecule has 0 bridgehead atoms. The lowest BCUT2D eigenvalue weighted by Crippen LogP contribution is -2.21. The van der Waals surface area contributed by atoms with Crippen LogP contribution in [0.3, 0.4) is 0 Å². The average molecular weight is 219 g/mol. The quantitative estimate of drug-likeness (QED) is 0.798. The Bertz CT molecular complexity index is 291. The van der Waals surface area contributed by atoms with Gasteiger partial charge in [0, 0.05) is 0 Å². The van der Waals surface area contributed by atoms with E-state index in [1.165, 1.54) is 0 Å². The summed E-state index contributed by atoms with van der Waals surface area (Å²) in [5, 5.41) is 10.0. The Morgan fingerprint density at radius 3 is 2.40 bits per heavy atom. The van der Waals surface area contributed by atoms with Gasteiger partial charge < -0.3 is 9.73 Å². The zero-order chi connectivity index (χ0) is 11.3. The van der Waals surface area contributed by atoms with Gasteiger partial charge in [0.25, 0.3) is 5.89 Å². The van der Waals surface area contributed by atoms with Gasteiger partial charge in [-0.2, -0.15) is 8.78 Å². The molecule has 1 rings (SSSR count).